The summed E-state index contributed by atoms with van der Waals surface area (Å²) in [5, 5.41) is 10.6. The maximum atomic E-state index is 13.8. The maximum Gasteiger partial charge on any atom is 0.137 e. The molecule has 0 spiro atoms. The van der Waals surface area contributed by atoms with E-state index in [2.05, 4.69) is 31.9 Å². The van der Waals surface area contributed by atoms with E-state index in [1.54, 1.807) is 18.2 Å². The van der Waals surface area contributed by atoms with E-state index in [0.29, 0.717) is 15.1 Å². The zero-order chi connectivity index (χ0) is 14.2. The first kappa shape index (κ1) is 14.9. The highest BCUT2D eigenvalue weighted by Gasteiger charge is 2.18. The number of hydrogen-bond donors (Lipinski definition) is 1. The highest BCUT2D eigenvalue weighted by Crippen LogP contribution is 2.31. The Bertz CT molecular complexity index is 634. The number of rotatable bonds is 2. The van der Waals surface area contributed by atoms with Crippen molar-refractivity contribution in [3.05, 3.63) is 67.1 Å². The molecule has 2 aromatic rings. The predicted molar refractivity (Wildman–Crippen MR) is 77.3 cm³/mol. The van der Waals surface area contributed by atoms with Crippen LogP contribution in [0.25, 0.3) is 0 Å². The SMILES string of the molecule is OC(c1ccc(Cl)c(Br)c1)c1cc(F)c(Br)cc1F. The zero-order valence-electron chi connectivity index (χ0n) is 9.30. The second-order valence-electron chi connectivity index (χ2n) is 3.86. The highest BCUT2D eigenvalue weighted by atomic mass is 79.9. The van der Waals surface area contributed by atoms with Crippen molar-refractivity contribution < 1.29 is 13.9 Å². The van der Waals surface area contributed by atoms with Crippen molar-refractivity contribution in [2.75, 3.05) is 0 Å². The first-order valence-electron chi connectivity index (χ1n) is 5.17. The van der Waals surface area contributed by atoms with Crippen molar-refractivity contribution in [2.24, 2.45) is 0 Å². The molecule has 0 aromatic heterocycles. The van der Waals surface area contributed by atoms with Gasteiger partial charge in [-0.1, -0.05) is 17.7 Å². The van der Waals surface area contributed by atoms with Crippen LogP contribution < -0.4 is 0 Å². The molecular weight excluding hydrogens is 405 g/mol. The van der Waals surface area contributed by atoms with E-state index in [4.69, 9.17) is 11.6 Å². The van der Waals surface area contributed by atoms with Crippen molar-refractivity contribution in [2.45, 2.75) is 6.10 Å². The molecule has 0 aliphatic rings. The van der Waals surface area contributed by atoms with Crippen LogP contribution in [-0.2, 0) is 0 Å². The lowest BCUT2D eigenvalue weighted by Gasteiger charge is -2.14. The summed E-state index contributed by atoms with van der Waals surface area (Å²) in [5.41, 5.74) is 0.284. The predicted octanol–water partition coefficient (Wildman–Crippen LogP) is 5.22. The summed E-state index contributed by atoms with van der Waals surface area (Å²) in [6.07, 6.45) is -1.27. The molecule has 6 heteroatoms. The van der Waals surface area contributed by atoms with Gasteiger partial charge in [0.15, 0.2) is 0 Å². The molecule has 1 nitrogen and oxygen atoms in total. The normalized spacial score (nSPS) is 12.5. The summed E-state index contributed by atoms with van der Waals surface area (Å²) >= 11 is 11.9. The second-order valence-corrected chi connectivity index (χ2v) is 5.98. The van der Waals surface area contributed by atoms with Gasteiger partial charge in [-0.3, -0.25) is 0 Å². The maximum absolute atomic E-state index is 13.8. The van der Waals surface area contributed by atoms with Gasteiger partial charge in [-0.15, -0.1) is 0 Å². The number of benzene rings is 2. The average Bonchev–Trinajstić information content (AvgIpc) is 2.36. The van der Waals surface area contributed by atoms with Gasteiger partial charge in [-0.05, 0) is 61.7 Å². The summed E-state index contributed by atoms with van der Waals surface area (Å²) in [7, 11) is 0. The molecule has 0 saturated heterocycles. The molecule has 100 valence electrons. The van der Waals surface area contributed by atoms with Crippen molar-refractivity contribution >= 4 is 43.5 Å². The summed E-state index contributed by atoms with van der Waals surface area (Å²) in [6, 6.07) is 6.63. The fourth-order valence-electron chi connectivity index (χ4n) is 1.61. The van der Waals surface area contributed by atoms with Gasteiger partial charge in [-0.25, -0.2) is 8.78 Å². The smallest absolute Gasteiger partial charge is 0.137 e. The van der Waals surface area contributed by atoms with Crippen LogP contribution in [0.1, 0.15) is 17.2 Å². The van der Waals surface area contributed by atoms with Gasteiger partial charge in [0.1, 0.15) is 17.7 Å². The Labute approximate surface area is 130 Å². The van der Waals surface area contributed by atoms with Crippen molar-refractivity contribution in [1.29, 1.82) is 0 Å². The molecule has 19 heavy (non-hydrogen) atoms. The Hall–Kier alpha value is -0.490. The molecule has 2 rings (SSSR count). The number of hydrogen-bond acceptors (Lipinski definition) is 1. The molecule has 0 aliphatic carbocycles. The first-order valence-corrected chi connectivity index (χ1v) is 7.14. The van der Waals surface area contributed by atoms with E-state index in [1.807, 2.05) is 0 Å². The van der Waals surface area contributed by atoms with Crippen LogP contribution in [0.4, 0.5) is 8.78 Å². The quantitative estimate of drug-likeness (QED) is 0.670. The molecule has 0 saturated carbocycles. The van der Waals surface area contributed by atoms with Gasteiger partial charge >= 0.3 is 0 Å². The van der Waals surface area contributed by atoms with Crippen LogP contribution >= 0.6 is 43.5 Å². The van der Waals surface area contributed by atoms with E-state index in [9.17, 15) is 13.9 Å². The van der Waals surface area contributed by atoms with Gasteiger partial charge in [0.05, 0.1) is 9.50 Å². The molecule has 0 bridgehead atoms. The fourth-order valence-corrected chi connectivity index (χ4v) is 2.44. The number of aliphatic hydroxyl groups excluding tert-OH is 1. The molecule has 1 N–H and O–H groups in total. The molecule has 0 amide bonds. The van der Waals surface area contributed by atoms with Crippen LogP contribution in [-0.4, -0.2) is 5.11 Å². The lowest BCUT2D eigenvalue weighted by molar-refractivity contribution is 0.214. The number of halogens is 5. The molecular formula is C13H7Br2ClF2O. The van der Waals surface area contributed by atoms with Gasteiger partial charge in [0.2, 0.25) is 0 Å². The monoisotopic (exact) mass is 410 g/mol. The minimum atomic E-state index is -1.27. The fraction of sp³-hybridized carbons (Fsp3) is 0.0769. The van der Waals surface area contributed by atoms with E-state index in [-0.39, 0.29) is 10.0 Å². The molecule has 0 radical (unpaired) electrons. The minimum absolute atomic E-state index is 0.0123. The van der Waals surface area contributed by atoms with E-state index in [1.165, 1.54) is 0 Å². The van der Waals surface area contributed by atoms with Gasteiger partial charge in [0, 0.05) is 10.0 Å². The lowest BCUT2D eigenvalue weighted by atomic mass is 10.0. The zero-order valence-corrected chi connectivity index (χ0v) is 13.2. The van der Waals surface area contributed by atoms with Crippen LogP contribution in [0.5, 0.6) is 0 Å². The molecule has 2 aromatic carbocycles. The topological polar surface area (TPSA) is 20.2 Å². The first-order chi connectivity index (χ1) is 8.90. The Kier molecular flexibility index (Phi) is 4.61. The van der Waals surface area contributed by atoms with Crippen LogP contribution in [0.2, 0.25) is 5.02 Å². The van der Waals surface area contributed by atoms with Gasteiger partial charge < -0.3 is 5.11 Å². The largest absolute Gasteiger partial charge is 0.384 e. The number of aliphatic hydroxyl groups is 1. The standard InChI is InChI=1S/C13H7Br2ClF2O/c14-8-3-6(1-2-10(8)16)13(19)7-4-12(18)9(15)5-11(7)17/h1-5,13,19H. The van der Waals surface area contributed by atoms with E-state index >= 15 is 0 Å². The average molecular weight is 412 g/mol. The minimum Gasteiger partial charge on any atom is -0.384 e. The Morgan fingerprint density at radius 1 is 1.00 bits per heavy atom. The molecule has 1 atom stereocenters. The highest BCUT2D eigenvalue weighted by molar-refractivity contribution is 9.10. The van der Waals surface area contributed by atoms with Gasteiger partial charge in [0.25, 0.3) is 0 Å². The second kappa shape index (κ2) is 5.87. The van der Waals surface area contributed by atoms with Crippen LogP contribution in [0.15, 0.2) is 39.3 Å². The van der Waals surface area contributed by atoms with E-state index in [0.717, 1.165) is 12.1 Å². The molecule has 0 aliphatic heterocycles. The third kappa shape index (κ3) is 3.16. The molecule has 1 unspecified atom stereocenters. The third-order valence-corrected chi connectivity index (χ3v) is 4.42. The summed E-state index contributed by atoms with van der Waals surface area (Å²) in [6.45, 7) is 0. The van der Waals surface area contributed by atoms with Crippen LogP contribution in [0.3, 0.4) is 0 Å². The molecule has 0 heterocycles. The van der Waals surface area contributed by atoms with Crippen LogP contribution in [0, 0.1) is 11.6 Å². The summed E-state index contributed by atoms with van der Waals surface area (Å²) < 4.78 is 27.8. The van der Waals surface area contributed by atoms with Crippen molar-refractivity contribution in [1.82, 2.24) is 0 Å². The van der Waals surface area contributed by atoms with Crippen molar-refractivity contribution in [3.8, 4) is 0 Å². The van der Waals surface area contributed by atoms with Crippen molar-refractivity contribution in [3.63, 3.8) is 0 Å². The van der Waals surface area contributed by atoms with Gasteiger partial charge in [-0.2, -0.15) is 0 Å². The Morgan fingerprint density at radius 3 is 2.32 bits per heavy atom. The summed E-state index contributed by atoms with van der Waals surface area (Å²) in [5.74, 6) is -1.32. The lowest BCUT2D eigenvalue weighted by Crippen LogP contribution is -2.04. The van der Waals surface area contributed by atoms with E-state index < -0.39 is 17.7 Å². The summed E-state index contributed by atoms with van der Waals surface area (Å²) in [4.78, 5) is 0. The third-order valence-electron chi connectivity index (χ3n) is 2.59. The Morgan fingerprint density at radius 2 is 1.68 bits per heavy atom. The Balaban J connectivity index is 2.46. The molecule has 0 fully saturated rings.